The normalized spacial score (nSPS) is 10.3. The molecule has 0 aromatic carbocycles. The zero-order valence-electron chi connectivity index (χ0n) is 7.85. The van der Waals surface area contributed by atoms with Gasteiger partial charge in [0.25, 0.3) is 0 Å². The number of ether oxygens (including phenoxy) is 2. The molecule has 0 aliphatic heterocycles. The van der Waals surface area contributed by atoms with Gasteiger partial charge in [-0.1, -0.05) is 0 Å². The van der Waals surface area contributed by atoms with E-state index in [-0.39, 0.29) is 5.78 Å². The summed E-state index contributed by atoms with van der Waals surface area (Å²) in [6.45, 7) is 4.76. The molecule has 78 valence electrons. The van der Waals surface area contributed by atoms with Gasteiger partial charge in [-0.3, -0.25) is 8.32 Å². The van der Waals surface area contributed by atoms with Crippen LogP contribution in [0.15, 0.2) is 0 Å². The quantitative estimate of drug-likeness (QED) is 0.391. The second-order valence-corrected chi connectivity index (χ2v) is 3.32. The first kappa shape index (κ1) is 13.3. The number of carbonyl (C=O) groups excluding carboxylic acids is 1. The molecule has 0 saturated carbocycles. The maximum absolute atomic E-state index is 10.5. The van der Waals surface area contributed by atoms with E-state index in [0.717, 1.165) is 6.54 Å². The van der Waals surface area contributed by atoms with Crippen LogP contribution in [0.2, 0.25) is 0 Å². The second kappa shape index (κ2) is 10.4. The van der Waals surface area contributed by atoms with Crippen molar-refractivity contribution in [1.29, 1.82) is 0 Å². The number of carbonyl (C=O) groups is 1. The smallest absolute Gasteiger partial charge is 0.132 e. The van der Waals surface area contributed by atoms with E-state index in [9.17, 15) is 4.79 Å². The molecule has 0 aliphatic carbocycles. The van der Waals surface area contributed by atoms with Gasteiger partial charge in [-0.25, -0.2) is 0 Å². The maximum Gasteiger partial charge on any atom is 0.132 e. The Hall–Kier alpha value is 0.280. The van der Waals surface area contributed by atoms with E-state index in [1.54, 1.807) is 6.92 Å². The zero-order valence-corrected chi connectivity index (χ0v) is 10.0. The Kier molecular flexibility index (Phi) is 10.6. The topological polar surface area (TPSA) is 47.6 Å². The Morgan fingerprint density at radius 1 is 1.23 bits per heavy atom. The first-order valence-corrected chi connectivity index (χ1v) is 5.33. The molecule has 0 radical (unpaired) electrons. The minimum absolute atomic E-state index is 0.162. The third-order valence-corrected chi connectivity index (χ3v) is 1.85. The highest BCUT2D eigenvalue weighted by Gasteiger charge is 1.93. The predicted molar refractivity (Wildman–Crippen MR) is 59.0 cm³/mol. The molecule has 0 saturated heterocycles. The lowest BCUT2D eigenvalue weighted by Gasteiger charge is -2.03. The number of halogens is 1. The van der Waals surface area contributed by atoms with Crippen molar-refractivity contribution in [2.45, 2.75) is 13.3 Å². The Labute approximate surface area is 92.9 Å². The van der Waals surface area contributed by atoms with E-state index in [2.05, 4.69) is 26.4 Å². The molecule has 0 bridgehead atoms. The zero-order chi connectivity index (χ0) is 9.94. The van der Waals surface area contributed by atoms with Crippen molar-refractivity contribution in [2.24, 2.45) is 0 Å². The lowest BCUT2D eigenvalue weighted by atomic mass is 10.3. The fourth-order valence-electron chi connectivity index (χ4n) is 0.649. The van der Waals surface area contributed by atoms with Gasteiger partial charge in [0.15, 0.2) is 0 Å². The van der Waals surface area contributed by atoms with Gasteiger partial charge < -0.3 is 9.47 Å². The summed E-state index contributed by atoms with van der Waals surface area (Å²) in [5.74, 6) is 0.162. The molecule has 0 heterocycles. The summed E-state index contributed by atoms with van der Waals surface area (Å²) in [5.41, 5.74) is 0. The Morgan fingerprint density at radius 2 is 1.85 bits per heavy atom. The van der Waals surface area contributed by atoms with Crippen LogP contribution in [0.5, 0.6) is 0 Å². The summed E-state index contributed by atoms with van der Waals surface area (Å²) in [6, 6.07) is 0. The van der Waals surface area contributed by atoms with E-state index < -0.39 is 0 Å². The van der Waals surface area contributed by atoms with Crippen molar-refractivity contribution < 1.29 is 14.3 Å². The van der Waals surface area contributed by atoms with Crippen molar-refractivity contribution in [3.63, 3.8) is 0 Å². The molecule has 0 amide bonds. The molecule has 0 unspecified atom stereocenters. The highest BCUT2D eigenvalue weighted by Crippen LogP contribution is 1.85. The van der Waals surface area contributed by atoms with Crippen LogP contribution in [-0.4, -0.2) is 38.8 Å². The number of nitrogens with one attached hydrogen (secondary N) is 1. The summed E-state index contributed by atoms with van der Waals surface area (Å²) in [7, 11) is 0. The van der Waals surface area contributed by atoms with E-state index in [4.69, 9.17) is 9.47 Å². The molecular weight excluding hydrogens is 285 g/mol. The summed E-state index contributed by atoms with van der Waals surface area (Å²) >= 11 is 2.07. The van der Waals surface area contributed by atoms with Crippen molar-refractivity contribution in [2.75, 3.05) is 33.0 Å². The monoisotopic (exact) mass is 301 g/mol. The first-order chi connectivity index (χ1) is 6.27. The van der Waals surface area contributed by atoms with Crippen LogP contribution in [0.3, 0.4) is 0 Å². The van der Waals surface area contributed by atoms with E-state index in [1.165, 1.54) is 0 Å². The summed E-state index contributed by atoms with van der Waals surface area (Å²) in [5, 5.41) is 0. The average Bonchev–Trinajstić information content (AvgIpc) is 2.09. The third kappa shape index (κ3) is 12.3. The molecular formula is C8H16INO3. The lowest BCUT2D eigenvalue weighted by Crippen LogP contribution is -2.13. The van der Waals surface area contributed by atoms with Crippen molar-refractivity contribution in [3.8, 4) is 0 Å². The molecule has 1 N–H and O–H groups in total. The van der Waals surface area contributed by atoms with Crippen molar-refractivity contribution >= 4 is 28.6 Å². The van der Waals surface area contributed by atoms with Gasteiger partial charge in [-0.2, -0.15) is 0 Å². The van der Waals surface area contributed by atoms with Crippen LogP contribution >= 0.6 is 22.9 Å². The molecule has 0 spiro atoms. The first-order valence-electron chi connectivity index (χ1n) is 4.25. The van der Waals surface area contributed by atoms with E-state index >= 15 is 0 Å². The van der Waals surface area contributed by atoms with Crippen LogP contribution < -0.4 is 3.53 Å². The Bertz CT molecular complexity index is 133. The molecule has 0 atom stereocenters. The minimum Gasteiger partial charge on any atom is -0.379 e. The number of hydrogen-bond acceptors (Lipinski definition) is 4. The molecule has 5 heteroatoms. The van der Waals surface area contributed by atoms with Gasteiger partial charge >= 0.3 is 0 Å². The summed E-state index contributed by atoms with van der Waals surface area (Å²) in [4.78, 5) is 10.5. The SMILES string of the molecule is CC(=O)CCOCCOCCNI. The van der Waals surface area contributed by atoms with Gasteiger partial charge in [-0.05, 0) is 6.92 Å². The Morgan fingerprint density at radius 3 is 2.38 bits per heavy atom. The van der Waals surface area contributed by atoms with Gasteiger partial charge in [0.2, 0.25) is 0 Å². The largest absolute Gasteiger partial charge is 0.379 e. The average molecular weight is 301 g/mol. The molecule has 0 aromatic heterocycles. The number of hydrogen-bond donors (Lipinski definition) is 1. The van der Waals surface area contributed by atoms with Crippen LogP contribution in [0.1, 0.15) is 13.3 Å². The predicted octanol–water partition coefficient (Wildman–Crippen LogP) is 0.938. The summed E-state index contributed by atoms with van der Waals surface area (Å²) in [6.07, 6.45) is 0.495. The van der Waals surface area contributed by atoms with E-state index in [1.807, 2.05) is 0 Å². The highest BCUT2D eigenvalue weighted by molar-refractivity contribution is 14.1. The van der Waals surface area contributed by atoms with Gasteiger partial charge in [0.1, 0.15) is 5.78 Å². The summed E-state index contributed by atoms with van der Waals surface area (Å²) < 4.78 is 13.3. The molecule has 0 aromatic rings. The van der Waals surface area contributed by atoms with Crippen molar-refractivity contribution in [1.82, 2.24) is 3.53 Å². The number of ketones is 1. The fourth-order valence-corrected chi connectivity index (χ4v) is 0.869. The number of Topliss-reactive ketones (excluding diaryl/α,β-unsaturated/α-hetero) is 1. The van der Waals surface area contributed by atoms with Crippen LogP contribution in [0, 0.1) is 0 Å². The van der Waals surface area contributed by atoms with Gasteiger partial charge in [0, 0.05) is 35.8 Å². The van der Waals surface area contributed by atoms with Crippen molar-refractivity contribution in [3.05, 3.63) is 0 Å². The molecule has 4 nitrogen and oxygen atoms in total. The third-order valence-electron chi connectivity index (χ3n) is 1.31. The second-order valence-electron chi connectivity index (χ2n) is 2.56. The molecule has 13 heavy (non-hydrogen) atoms. The van der Waals surface area contributed by atoms with Gasteiger partial charge in [-0.15, -0.1) is 0 Å². The van der Waals surface area contributed by atoms with Gasteiger partial charge in [0.05, 0.1) is 26.4 Å². The minimum atomic E-state index is 0.162. The lowest BCUT2D eigenvalue weighted by molar-refractivity contribution is -0.118. The molecule has 0 fully saturated rings. The van der Waals surface area contributed by atoms with E-state index in [0.29, 0.717) is 32.8 Å². The maximum atomic E-state index is 10.5. The standard InChI is InChI=1S/C8H16INO3/c1-8(11)2-4-12-6-7-13-5-3-10-9/h10H,2-7H2,1H3. The van der Waals surface area contributed by atoms with Crippen LogP contribution in [-0.2, 0) is 14.3 Å². The fraction of sp³-hybridized carbons (Fsp3) is 0.875. The molecule has 0 aliphatic rings. The number of rotatable bonds is 9. The molecule has 0 rings (SSSR count). The van der Waals surface area contributed by atoms with Crippen LogP contribution in [0.4, 0.5) is 0 Å². The Balaban J connectivity index is 2.87. The highest BCUT2D eigenvalue weighted by atomic mass is 127. The van der Waals surface area contributed by atoms with Crippen LogP contribution in [0.25, 0.3) is 0 Å².